The zero-order valence-corrected chi connectivity index (χ0v) is 10.6. The molecule has 0 amide bonds. The predicted molar refractivity (Wildman–Crippen MR) is 74.6 cm³/mol. The van der Waals surface area contributed by atoms with Crippen LogP contribution in [0.25, 0.3) is 0 Å². The number of anilines is 3. The van der Waals surface area contributed by atoms with Crippen LogP contribution in [0.1, 0.15) is 5.56 Å². The maximum atomic E-state index is 5.57. The van der Waals surface area contributed by atoms with Crippen molar-refractivity contribution >= 4 is 17.6 Å². The van der Waals surface area contributed by atoms with Gasteiger partial charge in [-0.15, -0.1) is 0 Å². The summed E-state index contributed by atoms with van der Waals surface area (Å²) < 4.78 is 5.10. The Morgan fingerprint density at radius 1 is 1.16 bits per heavy atom. The Bertz CT molecular complexity index is 542. The molecule has 100 valence electrons. The summed E-state index contributed by atoms with van der Waals surface area (Å²) >= 11 is 0. The van der Waals surface area contributed by atoms with E-state index in [0.717, 1.165) is 11.3 Å². The molecule has 0 bridgehead atoms. The van der Waals surface area contributed by atoms with Crippen molar-refractivity contribution in [2.75, 3.05) is 23.6 Å². The van der Waals surface area contributed by atoms with Crippen molar-refractivity contribution in [3.8, 4) is 5.75 Å². The van der Waals surface area contributed by atoms with Gasteiger partial charge in [0.15, 0.2) is 0 Å². The smallest absolute Gasteiger partial charge is 0.223 e. The topological polar surface area (TPSA) is 111 Å². The van der Waals surface area contributed by atoms with Crippen LogP contribution in [0.3, 0.4) is 0 Å². The van der Waals surface area contributed by atoms with E-state index in [1.165, 1.54) is 0 Å². The fourth-order valence-corrected chi connectivity index (χ4v) is 1.57. The normalized spacial score (nSPS) is 10.0. The number of nitrogens with zero attached hydrogens (tertiary/aromatic N) is 2. The third kappa shape index (κ3) is 3.46. The van der Waals surface area contributed by atoms with Crippen molar-refractivity contribution in [1.29, 1.82) is 0 Å². The van der Waals surface area contributed by atoms with Crippen molar-refractivity contribution < 1.29 is 4.74 Å². The van der Waals surface area contributed by atoms with Crippen LogP contribution < -0.4 is 27.1 Å². The van der Waals surface area contributed by atoms with Crippen molar-refractivity contribution in [1.82, 2.24) is 9.97 Å². The molecule has 2 rings (SSSR count). The molecule has 0 fully saturated rings. The number of aromatic nitrogens is 2. The molecular weight excluding hydrogens is 244 g/mol. The molecule has 0 spiro atoms. The Morgan fingerprint density at radius 2 is 1.84 bits per heavy atom. The lowest BCUT2D eigenvalue weighted by atomic mass is 10.2. The summed E-state index contributed by atoms with van der Waals surface area (Å²) in [5.74, 6) is 7.34. The van der Waals surface area contributed by atoms with Crippen LogP contribution in [0.5, 0.6) is 5.75 Å². The summed E-state index contributed by atoms with van der Waals surface area (Å²) in [4.78, 5) is 7.97. The Kier molecular flexibility index (Phi) is 3.99. The van der Waals surface area contributed by atoms with Gasteiger partial charge in [-0.3, -0.25) is 0 Å². The Morgan fingerprint density at radius 3 is 2.47 bits per heavy atom. The van der Waals surface area contributed by atoms with E-state index in [1.807, 2.05) is 24.3 Å². The molecule has 0 saturated heterocycles. The van der Waals surface area contributed by atoms with Crippen LogP contribution in [0.2, 0.25) is 0 Å². The van der Waals surface area contributed by atoms with Crippen molar-refractivity contribution in [3.63, 3.8) is 0 Å². The van der Waals surface area contributed by atoms with E-state index >= 15 is 0 Å². The molecule has 7 nitrogen and oxygen atoms in total. The highest BCUT2D eigenvalue weighted by atomic mass is 16.5. The number of methoxy groups -OCH3 is 1. The molecule has 7 heteroatoms. The van der Waals surface area contributed by atoms with Crippen LogP contribution in [0.15, 0.2) is 30.3 Å². The fraction of sp³-hybridized carbons (Fsp3) is 0.167. The molecular formula is C12H16N6O. The molecule has 19 heavy (non-hydrogen) atoms. The minimum atomic E-state index is 0.160. The number of rotatable bonds is 5. The van der Waals surface area contributed by atoms with Crippen molar-refractivity contribution in [2.24, 2.45) is 5.84 Å². The van der Waals surface area contributed by atoms with Gasteiger partial charge in [0.05, 0.1) is 7.11 Å². The van der Waals surface area contributed by atoms with Crippen LogP contribution in [0, 0.1) is 0 Å². The van der Waals surface area contributed by atoms with Crippen LogP contribution >= 0.6 is 0 Å². The van der Waals surface area contributed by atoms with E-state index in [2.05, 4.69) is 20.7 Å². The summed E-state index contributed by atoms with van der Waals surface area (Å²) in [7, 11) is 1.64. The molecule has 0 unspecified atom stereocenters. The number of benzene rings is 1. The third-order valence-corrected chi connectivity index (χ3v) is 2.52. The van der Waals surface area contributed by atoms with Gasteiger partial charge in [0.1, 0.15) is 17.4 Å². The second kappa shape index (κ2) is 5.87. The van der Waals surface area contributed by atoms with Crippen LogP contribution in [0.4, 0.5) is 17.6 Å². The van der Waals surface area contributed by atoms with Crippen molar-refractivity contribution in [3.05, 3.63) is 35.9 Å². The van der Waals surface area contributed by atoms with Gasteiger partial charge in [-0.2, -0.15) is 9.97 Å². The lowest BCUT2D eigenvalue weighted by Crippen LogP contribution is -2.12. The zero-order chi connectivity index (χ0) is 13.7. The van der Waals surface area contributed by atoms with Crippen LogP contribution in [-0.2, 0) is 6.54 Å². The number of nitrogens with two attached hydrogens (primary N) is 2. The Hall–Kier alpha value is -2.54. The van der Waals surface area contributed by atoms with Gasteiger partial charge in [-0.25, -0.2) is 5.84 Å². The van der Waals surface area contributed by atoms with Gasteiger partial charge in [-0.05, 0) is 17.7 Å². The molecule has 0 aliphatic heterocycles. The van der Waals surface area contributed by atoms with E-state index in [4.69, 9.17) is 16.3 Å². The van der Waals surface area contributed by atoms with E-state index in [1.54, 1.807) is 13.2 Å². The SMILES string of the molecule is COc1ccc(CNc2cc(NN)nc(N)n2)cc1. The summed E-state index contributed by atoms with van der Waals surface area (Å²) in [5.41, 5.74) is 9.10. The number of hydrogen-bond donors (Lipinski definition) is 4. The largest absolute Gasteiger partial charge is 0.497 e. The number of nitrogen functional groups attached to an aromatic ring is 2. The highest BCUT2D eigenvalue weighted by Crippen LogP contribution is 2.14. The van der Waals surface area contributed by atoms with Gasteiger partial charge in [-0.1, -0.05) is 12.1 Å². The third-order valence-electron chi connectivity index (χ3n) is 2.52. The molecule has 0 atom stereocenters. The molecule has 1 aromatic heterocycles. The van der Waals surface area contributed by atoms with Gasteiger partial charge in [0.25, 0.3) is 0 Å². The van der Waals surface area contributed by atoms with E-state index in [9.17, 15) is 0 Å². The van der Waals surface area contributed by atoms with E-state index in [0.29, 0.717) is 18.2 Å². The lowest BCUT2D eigenvalue weighted by Gasteiger charge is -2.08. The molecule has 2 aromatic rings. The van der Waals surface area contributed by atoms with Crippen LogP contribution in [-0.4, -0.2) is 17.1 Å². The first-order valence-corrected chi connectivity index (χ1v) is 5.69. The summed E-state index contributed by atoms with van der Waals surface area (Å²) in [6.07, 6.45) is 0. The molecule has 0 aliphatic carbocycles. The average molecular weight is 260 g/mol. The average Bonchev–Trinajstić information content (AvgIpc) is 2.45. The first-order valence-electron chi connectivity index (χ1n) is 5.69. The predicted octanol–water partition coefficient (Wildman–Crippen LogP) is 0.965. The Balaban J connectivity index is 2.03. The minimum absolute atomic E-state index is 0.160. The highest BCUT2D eigenvalue weighted by Gasteiger charge is 2.01. The maximum Gasteiger partial charge on any atom is 0.223 e. The van der Waals surface area contributed by atoms with Gasteiger partial charge in [0.2, 0.25) is 5.95 Å². The second-order valence-corrected chi connectivity index (χ2v) is 3.84. The highest BCUT2D eigenvalue weighted by molar-refractivity contribution is 5.50. The van der Waals surface area contributed by atoms with Crippen molar-refractivity contribution in [2.45, 2.75) is 6.54 Å². The summed E-state index contributed by atoms with van der Waals surface area (Å²) in [5, 5.41) is 3.15. The van der Waals surface area contributed by atoms with Gasteiger partial charge in [0, 0.05) is 12.6 Å². The van der Waals surface area contributed by atoms with Gasteiger partial charge >= 0.3 is 0 Å². The maximum absolute atomic E-state index is 5.57. The molecule has 0 aliphatic rings. The summed E-state index contributed by atoms with van der Waals surface area (Å²) in [6, 6.07) is 9.42. The number of hydrazine groups is 1. The zero-order valence-electron chi connectivity index (χ0n) is 10.6. The first kappa shape index (κ1) is 12.9. The molecule has 1 aromatic carbocycles. The molecule has 6 N–H and O–H groups in total. The Labute approximate surface area is 111 Å². The quantitative estimate of drug-likeness (QED) is 0.468. The first-order chi connectivity index (χ1) is 9.21. The fourth-order valence-electron chi connectivity index (χ4n) is 1.57. The van der Waals surface area contributed by atoms with E-state index < -0.39 is 0 Å². The minimum Gasteiger partial charge on any atom is -0.497 e. The number of nitrogens with one attached hydrogen (secondary N) is 2. The van der Waals surface area contributed by atoms with Gasteiger partial charge < -0.3 is 21.2 Å². The molecule has 0 saturated carbocycles. The summed E-state index contributed by atoms with van der Waals surface area (Å²) in [6.45, 7) is 0.616. The van der Waals surface area contributed by atoms with E-state index in [-0.39, 0.29) is 5.95 Å². The number of hydrogen-bond acceptors (Lipinski definition) is 7. The molecule has 1 heterocycles. The standard InChI is InChI=1S/C12H16N6O/c1-19-9-4-2-8(3-5-9)7-15-10-6-11(18-14)17-12(13)16-10/h2-6H,7,14H2,1H3,(H4,13,15,16,17,18). The lowest BCUT2D eigenvalue weighted by molar-refractivity contribution is 0.414. The monoisotopic (exact) mass is 260 g/mol. The number of ether oxygens (including phenoxy) is 1. The molecule has 0 radical (unpaired) electrons. The second-order valence-electron chi connectivity index (χ2n) is 3.84.